The predicted octanol–water partition coefficient (Wildman–Crippen LogP) is 0.759. The molecular formula is C20H26N4O3. The summed E-state index contributed by atoms with van der Waals surface area (Å²) in [5, 5.41) is 2.34. The molecule has 3 atom stereocenters. The van der Waals surface area contributed by atoms with Crippen molar-refractivity contribution in [1.82, 2.24) is 15.1 Å². The van der Waals surface area contributed by atoms with E-state index in [1.807, 2.05) is 12.1 Å². The second-order valence-corrected chi connectivity index (χ2v) is 8.01. The van der Waals surface area contributed by atoms with Gasteiger partial charge in [0, 0.05) is 43.7 Å². The van der Waals surface area contributed by atoms with E-state index in [-0.39, 0.29) is 30.2 Å². The van der Waals surface area contributed by atoms with E-state index < -0.39 is 6.04 Å². The van der Waals surface area contributed by atoms with Gasteiger partial charge in [-0.15, -0.1) is 0 Å². The first-order valence-electron chi connectivity index (χ1n) is 9.68. The van der Waals surface area contributed by atoms with E-state index in [0.29, 0.717) is 24.6 Å². The molecule has 3 unspecified atom stereocenters. The van der Waals surface area contributed by atoms with Crippen molar-refractivity contribution in [3.63, 3.8) is 0 Å². The lowest BCUT2D eigenvalue weighted by molar-refractivity contribution is -0.136. The number of nitrogens with zero attached hydrogens (tertiary/aromatic N) is 2. The summed E-state index contributed by atoms with van der Waals surface area (Å²) in [4.78, 5) is 40.2. The lowest BCUT2D eigenvalue weighted by Gasteiger charge is -2.36. The highest BCUT2D eigenvalue weighted by Gasteiger charge is 2.39. The lowest BCUT2D eigenvalue weighted by atomic mass is 9.98. The third-order valence-corrected chi connectivity index (χ3v) is 6.02. The number of benzene rings is 1. The molecule has 3 amide bonds. The van der Waals surface area contributed by atoms with E-state index in [2.05, 4.69) is 23.2 Å². The Morgan fingerprint density at radius 2 is 2.00 bits per heavy atom. The van der Waals surface area contributed by atoms with Gasteiger partial charge in [-0.2, -0.15) is 0 Å². The second-order valence-electron chi connectivity index (χ2n) is 8.01. The highest BCUT2D eigenvalue weighted by molar-refractivity contribution is 6.05. The van der Waals surface area contributed by atoms with Crippen molar-refractivity contribution < 1.29 is 14.4 Å². The van der Waals surface area contributed by atoms with Crippen molar-refractivity contribution in [2.75, 3.05) is 6.54 Å². The van der Waals surface area contributed by atoms with Gasteiger partial charge in [-0.1, -0.05) is 12.1 Å². The molecule has 0 spiro atoms. The zero-order chi connectivity index (χ0) is 19.1. The summed E-state index contributed by atoms with van der Waals surface area (Å²) in [7, 11) is 0. The summed E-state index contributed by atoms with van der Waals surface area (Å²) in [6.07, 6.45) is 2.83. The normalized spacial score (nSPS) is 29.0. The van der Waals surface area contributed by atoms with Crippen molar-refractivity contribution in [3.8, 4) is 0 Å². The zero-order valence-corrected chi connectivity index (χ0v) is 15.6. The zero-order valence-electron chi connectivity index (χ0n) is 15.6. The minimum atomic E-state index is -0.564. The predicted molar refractivity (Wildman–Crippen MR) is 99.6 cm³/mol. The molecule has 2 fully saturated rings. The maximum atomic E-state index is 12.8. The van der Waals surface area contributed by atoms with Gasteiger partial charge in [0.15, 0.2) is 0 Å². The third-order valence-electron chi connectivity index (χ3n) is 6.02. The van der Waals surface area contributed by atoms with E-state index in [0.717, 1.165) is 37.1 Å². The van der Waals surface area contributed by atoms with E-state index >= 15 is 0 Å². The van der Waals surface area contributed by atoms with Crippen LogP contribution < -0.4 is 11.1 Å². The number of hydrogen-bond donors (Lipinski definition) is 2. The Kier molecular flexibility index (Phi) is 4.74. The number of fused-ring (bicyclic) bond motifs is 1. The average Bonchev–Trinajstić information content (AvgIpc) is 2.94. The quantitative estimate of drug-likeness (QED) is 0.766. The molecule has 7 nitrogen and oxygen atoms in total. The summed E-state index contributed by atoms with van der Waals surface area (Å²) in [5.41, 5.74) is 8.89. The second kappa shape index (κ2) is 7.05. The monoisotopic (exact) mass is 370 g/mol. The van der Waals surface area contributed by atoms with Crippen LogP contribution in [0.4, 0.5) is 0 Å². The molecule has 0 radical (unpaired) electrons. The third kappa shape index (κ3) is 3.49. The SMILES string of the molecule is CC1CCC(N)CN1Cc1ccc2c(c1)CN(C1CCC(=O)NC1=O)C2=O. The Morgan fingerprint density at radius 3 is 2.78 bits per heavy atom. The molecule has 2 saturated heterocycles. The van der Waals surface area contributed by atoms with Crippen LogP contribution in [-0.2, 0) is 22.7 Å². The van der Waals surface area contributed by atoms with Gasteiger partial charge in [0.25, 0.3) is 5.91 Å². The van der Waals surface area contributed by atoms with Gasteiger partial charge in [-0.05, 0) is 43.4 Å². The Labute approximate surface area is 158 Å². The number of amides is 3. The van der Waals surface area contributed by atoms with Crippen LogP contribution in [0.25, 0.3) is 0 Å². The number of carbonyl (C=O) groups excluding carboxylic acids is 3. The van der Waals surface area contributed by atoms with Gasteiger partial charge in [0.05, 0.1) is 0 Å². The summed E-state index contributed by atoms with van der Waals surface area (Å²) in [6.45, 7) is 4.35. The standard InChI is InChI=1S/C20H26N4O3/c1-12-2-4-15(21)11-23(12)9-13-3-5-16-14(8-13)10-24(20(16)27)17-6-7-18(25)22-19(17)26/h3,5,8,12,15,17H,2,4,6-7,9-11,21H2,1H3,(H,22,25,26). The first kappa shape index (κ1) is 18.1. The van der Waals surface area contributed by atoms with Crippen LogP contribution in [0.5, 0.6) is 0 Å². The largest absolute Gasteiger partial charge is 0.327 e. The number of piperidine rings is 2. The molecule has 0 aliphatic carbocycles. The van der Waals surface area contributed by atoms with E-state index in [4.69, 9.17) is 5.73 Å². The number of rotatable bonds is 3. The van der Waals surface area contributed by atoms with E-state index in [1.165, 1.54) is 0 Å². The first-order valence-corrected chi connectivity index (χ1v) is 9.68. The van der Waals surface area contributed by atoms with Crippen LogP contribution in [0, 0.1) is 0 Å². The van der Waals surface area contributed by atoms with Gasteiger partial charge in [0.1, 0.15) is 6.04 Å². The molecule has 1 aromatic carbocycles. The van der Waals surface area contributed by atoms with Crippen LogP contribution in [0.3, 0.4) is 0 Å². The van der Waals surface area contributed by atoms with Gasteiger partial charge >= 0.3 is 0 Å². The molecule has 0 bridgehead atoms. The molecule has 3 aliphatic rings. The Hall–Kier alpha value is -2.25. The summed E-state index contributed by atoms with van der Waals surface area (Å²) < 4.78 is 0. The van der Waals surface area contributed by atoms with Crippen molar-refractivity contribution in [1.29, 1.82) is 0 Å². The molecule has 27 heavy (non-hydrogen) atoms. The highest BCUT2D eigenvalue weighted by Crippen LogP contribution is 2.29. The lowest BCUT2D eigenvalue weighted by Crippen LogP contribution is -2.52. The maximum Gasteiger partial charge on any atom is 0.255 e. The molecule has 0 saturated carbocycles. The Balaban J connectivity index is 1.49. The fourth-order valence-electron chi connectivity index (χ4n) is 4.39. The molecule has 0 aromatic heterocycles. The van der Waals surface area contributed by atoms with Gasteiger partial charge in [0.2, 0.25) is 11.8 Å². The minimum Gasteiger partial charge on any atom is -0.327 e. The number of nitrogens with two attached hydrogens (primary N) is 1. The van der Waals surface area contributed by atoms with Crippen LogP contribution in [0.1, 0.15) is 54.1 Å². The summed E-state index contributed by atoms with van der Waals surface area (Å²) in [5.74, 6) is -0.764. The Bertz CT molecular complexity index is 793. The van der Waals surface area contributed by atoms with Gasteiger partial charge < -0.3 is 10.6 Å². The molecule has 144 valence electrons. The fourth-order valence-corrected chi connectivity index (χ4v) is 4.39. The molecule has 7 heteroatoms. The van der Waals surface area contributed by atoms with Crippen LogP contribution in [-0.4, -0.2) is 52.2 Å². The molecule has 1 aromatic rings. The molecule has 3 N–H and O–H groups in total. The fraction of sp³-hybridized carbons (Fsp3) is 0.550. The summed E-state index contributed by atoms with van der Waals surface area (Å²) in [6, 6.07) is 6.10. The highest BCUT2D eigenvalue weighted by atomic mass is 16.2. The van der Waals surface area contributed by atoms with Crippen molar-refractivity contribution in [2.24, 2.45) is 5.73 Å². The topological polar surface area (TPSA) is 95.7 Å². The minimum absolute atomic E-state index is 0.126. The van der Waals surface area contributed by atoms with E-state index in [9.17, 15) is 14.4 Å². The molecular weight excluding hydrogens is 344 g/mol. The van der Waals surface area contributed by atoms with E-state index in [1.54, 1.807) is 4.90 Å². The van der Waals surface area contributed by atoms with Crippen LogP contribution in [0.2, 0.25) is 0 Å². The van der Waals surface area contributed by atoms with Gasteiger partial charge in [-0.3, -0.25) is 24.6 Å². The number of nitrogens with one attached hydrogen (secondary N) is 1. The molecule has 3 aliphatic heterocycles. The number of likely N-dealkylation sites (tertiary alicyclic amines) is 1. The van der Waals surface area contributed by atoms with Crippen LogP contribution in [0.15, 0.2) is 18.2 Å². The smallest absolute Gasteiger partial charge is 0.255 e. The number of imide groups is 1. The average molecular weight is 370 g/mol. The van der Waals surface area contributed by atoms with Crippen molar-refractivity contribution in [2.45, 2.75) is 63.8 Å². The summed E-state index contributed by atoms with van der Waals surface area (Å²) >= 11 is 0. The first-order chi connectivity index (χ1) is 12.9. The number of hydrogen-bond acceptors (Lipinski definition) is 5. The molecule has 4 rings (SSSR count). The van der Waals surface area contributed by atoms with Crippen molar-refractivity contribution in [3.05, 3.63) is 34.9 Å². The number of carbonyl (C=O) groups is 3. The Morgan fingerprint density at radius 1 is 1.19 bits per heavy atom. The maximum absolute atomic E-state index is 12.8. The molecule has 3 heterocycles. The van der Waals surface area contributed by atoms with Crippen molar-refractivity contribution >= 4 is 17.7 Å². The van der Waals surface area contributed by atoms with Gasteiger partial charge in [-0.25, -0.2) is 0 Å². The van der Waals surface area contributed by atoms with Crippen LogP contribution >= 0.6 is 0 Å².